The molecular formula is C18H36O6. The lowest BCUT2D eigenvalue weighted by Crippen LogP contribution is -2.48. The van der Waals surface area contributed by atoms with Gasteiger partial charge < -0.3 is 30.6 Å². The molecule has 0 amide bonds. The van der Waals surface area contributed by atoms with Gasteiger partial charge in [-0.25, -0.2) is 0 Å². The van der Waals surface area contributed by atoms with Crippen LogP contribution in [0.2, 0.25) is 0 Å². The predicted octanol–water partition coefficient (Wildman–Crippen LogP) is -0.00840. The minimum absolute atomic E-state index is 0.0525. The lowest BCUT2D eigenvalue weighted by molar-refractivity contribution is -0.0689. The quantitative estimate of drug-likeness (QED) is 0.295. The van der Waals surface area contributed by atoms with Crippen molar-refractivity contribution in [3.8, 4) is 0 Å². The predicted molar refractivity (Wildman–Crippen MR) is 91.2 cm³/mol. The van der Waals surface area contributed by atoms with Crippen molar-refractivity contribution < 1.29 is 30.6 Å². The summed E-state index contributed by atoms with van der Waals surface area (Å²) in [4.78, 5) is 0. The fourth-order valence-electron chi connectivity index (χ4n) is 5.37. The Hall–Kier alpha value is -0.240. The van der Waals surface area contributed by atoms with E-state index in [1.807, 2.05) is 0 Å². The van der Waals surface area contributed by atoms with Gasteiger partial charge in [-0.1, -0.05) is 0 Å². The van der Waals surface area contributed by atoms with Crippen LogP contribution >= 0.6 is 0 Å². The van der Waals surface area contributed by atoms with E-state index in [2.05, 4.69) is 0 Å². The molecule has 0 spiro atoms. The molecule has 6 N–H and O–H groups in total. The number of aliphatic hydroxyl groups excluding tert-OH is 6. The minimum Gasteiger partial charge on any atom is -0.396 e. The molecule has 1 aliphatic carbocycles. The molecule has 1 fully saturated rings. The zero-order valence-corrected chi connectivity index (χ0v) is 14.6. The SMILES string of the molecule is OCCC1C(CCO)C(CCO)C(CCO)C(CCO)C1CCO. The first-order valence-electron chi connectivity index (χ1n) is 9.35. The van der Waals surface area contributed by atoms with Crippen LogP contribution in [0.4, 0.5) is 0 Å². The molecule has 0 heterocycles. The lowest BCUT2D eigenvalue weighted by atomic mass is 9.53. The molecule has 0 aromatic heterocycles. The lowest BCUT2D eigenvalue weighted by Gasteiger charge is -2.53. The molecule has 144 valence electrons. The molecule has 0 bridgehead atoms. The van der Waals surface area contributed by atoms with E-state index in [-0.39, 0.29) is 75.1 Å². The maximum Gasteiger partial charge on any atom is 0.0433 e. The number of hydrogen-bond acceptors (Lipinski definition) is 6. The second-order valence-corrected chi connectivity index (χ2v) is 7.06. The van der Waals surface area contributed by atoms with Crippen LogP contribution in [0.1, 0.15) is 38.5 Å². The van der Waals surface area contributed by atoms with Gasteiger partial charge in [-0.2, -0.15) is 0 Å². The van der Waals surface area contributed by atoms with Crippen molar-refractivity contribution in [2.45, 2.75) is 38.5 Å². The summed E-state index contributed by atoms with van der Waals surface area (Å²) >= 11 is 0. The van der Waals surface area contributed by atoms with E-state index in [1.165, 1.54) is 0 Å². The zero-order valence-electron chi connectivity index (χ0n) is 14.6. The summed E-state index contributed by atoms with van der Waals surface area (Å²) in [6.07, 6.45) is 3.61. The Morgan fingerprint density at radius 3 is 0.500 bits per heavy atom. The van der Waals surface area contributed by atoms with Crippen LogP contribution in [0.25, 0.3) is 0 Å². The molecule has 0 atom stereocenters. The van der Waals surface area contributed by atoms with Gasteiger partial charge in [0, 0.05) is 39.6 Å². The second-order valence-electron chi connectivity index (χ2n) is 7.06. The zero-order chi connectivity index (χ0) is 17.9. The Kier molecular flexibility index (Phi) is 11.1. The summed E-state index contributed by atoms with van der Waals surface area (Å²) in [5.74, 6) is 0.902. The van der Waals surface area contributed by atoms with Gasteiger partial charge in [-0.3, -0.25) is 0 Å². The summed E-state index contributed by atoms with van der Waals surface area (Å²) in [5.41, 5.74) is 0. The average Bonchev–Trinajstić information content (AvgIpc) is 2.57. The van der Waals surface area contributed by atoms with E-state index in [9.17, 15) is 30.6 Å². The maximum absolute atomic E-state index is 9.53. The van der Waals surface area contributed by atoms with Crippen molar-refractivity contribution in [3.63, 3.8) is 0 Å². The molecule has 24 heavy (non-hydrogen) atoms. The first-order valence-corrected chi connectivity index (χ1v) is 9.35. The van der Waals surface area contributed by atoms with Crippen molar-refractivity contribution in [2.75, 3.05) is 39.6 Å². The van der Waals surface area contributed by atoms with Crippen LogP contribution in [-0.2, 0) is 0 Å². The highest BCUT2D eigenvalue weighted by Crippen LogP contribution is 2.53. The van der Waals surface area contributed by atoms with Gasteiger partial charge >= 0.3 is 0 Å². The van der Waals surface area contributed by atoms with Crippen LogP contribution in [-0.4, -0.2) is 70.3 Å². The first kappa shape index (κ1) is 21.8. The van der Waals surface area contributed by atoms with E-state index in [0.717, 1.165) is 0 Å². The fraction of sp³-hybridized carbons (Fsp3) is 1.00. The molecule has 0 aromatic rings. The van der Waals surface area contributed by atoms with E-state index in [4.69, 9.17) is 0 Å². The molecule has 0 radical (unpaired) electrons. The molecule has 0 aromatic carbocycles. The van der Waals surface area contributed by atoms with Crippen molar-refractivity contribution in [2.24, 2.45) is 35.5 Å². The topological polar surface area (TPSA) is 121 Å². The van der Waals surface area contributed by atoms with Gasteiger partial charge in [-0.05, 0) is 74.0 Å². The molecule has 0 saturated heterocycles. The highest BCUT2D eigenvalue weighted by molar-refractivity contribution is 4.96. The van der Waals surface area contributed by atoms with E-state index in [1.54, 1.807) is 0 Å². The highest BCUT2D eigenvalue weighted by atomic mass is 16.3. The summed E-state index contributed by atoms with van der Waals surface area (Å²) in [7, 11) is 0. The van der Waals surface area contributed by atoms with Crippen LogP contribution < -0.4 is 0 Å². The van der Waals surface area contributed by atoms with Crippen molar-refractivity contribution in [3.05, 3.63) is 0 Å². The molecule has 6 nitrogen and oxygen atoms in total. The third-order valence-corrected chi connectivity index (χ3v) is 6.07. The van der Waals surface area contributed by atoms with Gasteiger partial charge in [0.15, 0.2) is 0 Å². The monoisotopic (exact) mass is 348 g/mol. The maximum atomic E-state index is 9.53. The Morgan fingerprint density at radius 1 is 0.292 bits per heavy atom. The van der Waals surface area contributed by atoms with Gasteiger partial charge in [0.1, 0.15) is 0 Å². The van der Waals surface area contributed by atoms with E-state index in [0.29, 0.717) is 38.5 Å². The number of hydrogen-bond donors (Lipinski definition) is 6. The summed E-state index contributed by atoms with van der Waals surface area (Å²) in [6, 6.07) is 0. The average molecular weight is 348 g/mol. The van der Waals surface area contributed by atoms with Crippen LogP contribution in [0.5, 0.6) is 0 Å². The normalized spacial score (nSPS) is 33.8. The van der Waals surface area contributed by atoms with E-state index >= 15 is 0 Å². The summed E-state index contributed by atoms with van der Waals surface area (Å²) in [5, 5.41) is 57.2. The molecule has 1 rings (SSSR count). The van der Waals surface area contributed by atoms with Crippen LogP contribution in [0.3, 0.4) is 0 Å². The number of aliphatic hydroxyl groups is 6. The second kappa shape index (κ2) is 12.2. The molecule has 1 saturated carbocycles. The van der Waals surface area contributed by atoms with Crippen molar-refractivity contribution in [1.82, 2.24) is 0 Å². The van der Waals surface area contributed by atoms with E-state index < -0.39 is 0 Å². The summed E-state index contributed by atoms with van der Waals surface area (Å²) < 4.78 is 0. The Balaban J connectivity index is 3.22. The standard InChI is InChI=1S/C18H36O6/c19-7-1-13-14(2-8-20)16(4-10-22)18(6-12-24)17(5-11-23)15(13)3-9-21/h13-24H,1-12H2. The van der Waals surface area contributed by atoms with Gasteiger partial charge in [-0.15, -0.1) is 0 Å². The van der Waals surface area contributed by atoms with Crippen LogP contribution in [0, 0.1) is 35.5 Å². The fourth-order valence-corrected chi connectivity index (χ4v) is 5.37. The van der Waals surface area contributed by atoms with Gasteiger partial charge in [0.05, 0.1) is 0 Å². The van der Waals surface area contributed by atoms with Crippen LogP contribution in [0.15, 0.2) is 0 Å². The minimum atomic E-state index is 0.0525. The Bertz CT molecular complexity index is 224. The molecule has 6 heteroatoms. The number of rotatable bonds is 12. The van der Waals surface area contributed by atoms with Gasteiger partial charge in [0.2, 0.25) is 0 Å². The molecular weight excluding hydrogens is 312 g/mol. The molecule has 1 aliphatic rings. The Morgan fingerprint density at radius 2 is 0.417 bits per heavy atom. The highest BCUT2D eigenvalue weighted by Gasteiger charge is 2.48. The summed E-state index contributed by atoms with van der Waals surface area (Å²) in [6.45, 7) is 0.315. The smallest absolute Gasteiger partial charge is 0.0433 e. The third-order valence-electron chi connectivity index (χ3n) is 6.07. The largest absolute Gasteiger partial charge is 0.396 e. The Labute approximate surface area is 145 Å². The first-order chi connectivity index (χ1) is 11.7. The third kappa shape index (κ3) is 5.38. The van der Waals surface area contributed by atoms with Crippen molar-refractivity contribution >= 4 is 0 Å². The molecule has 0 aliphatic heterocycles. The molecule has 0 unspecified atom stereocenters. The van der Waals surface area contributed by atoms with Crippen molar-refractivity contribution in [1.29, 1.82) is 0 Å². The van der Waals surface area contributed by atoms with Gasteiger partial charge in [0.25, 0.3) is 0 Å².